The van der Waals surface area contributed by atoms with Crippen molar-refractivity contribution in [2.24, 2.45) is 0 Å². The van der Waals surface area contributed by atoms with Gasteiger partial charge in [0.25, 0.3) is 0 Å². The Morgan fingerprint density at radius 3 is 3.21 bits per heavy atom. The minimum absolute atomic E-state index is 0.306. The number of rotatable bonds is 2. The molecule has 1 aromatic heterocycles. The van der Waals surface area contributed by atoms with Gasteiger partial charge in [-0.05, 0) is 24.1 Å². The lowest BCUT2D eigenvalue weighted by molar-refractivity contribution is -0.130. The van der Waals surface area contributed by atoms with Crippen molar-refractivity contribution in [2.75, 3.05) is 19.6 Å². The predicted molar refractivity (Wildman–Crippen MR) is 69.0 cm³/mol. The van der Waals surface area contributed by atoms with E-state index in [-0.39, 0.29) is 0 Å². The lowest BCUT2D eigenvalue weighted by Crippen LogP contribution is -2.50. The summed E-state index contributed by atoms with van der Waals surface area (Å²) in [5.74, 6) is 0.306. The molecule has 1 unspecified atom stereocenters. The van der Waals surface area contributed by atoms with Crippen LogP contribution in [0, 0.1) is 11.3 Å². The lowest BCUT2D eigenvalue weighted by atomic mass is 10.1. The number of carbonyl (C=O) groups excluding carboxylic acids is 1. The first-order valence-corrected chi connectivity index (χ1v) is 6.63. The van der Waals surface area contributed by atoms with E-state index < -0.39 is 0 Å². The van der Waals surface area contributed by atoms with E-state index in [0.29, 0.717) is 24.1 Å². The summed E-state index contributed by atoms with van der Waals surface area (Å²) >= 11 is 0. The van der Waals surface area contributed by atoms with Crippen molar-refractivity contribution in [1.82, 2.24) is 14.8 Å². The second-order valence-electron chi connectivity index (χ2n) is 5.18. The molecule has 2 saturated heterocycles. The van der Waals surface area contributed by atoms with Crippen molar-refractivity contribution in [3.8, 4) is 6.07 Å². The minimum Gasteiger partial charge on any atom is -0.337 e. The molecular weight excluding hydrogens is 240 g/mol. The maximum absolute atomic E-state index is 11.6. The molecule has 0 bridgehead atoms. The Bertz CT molecular complexity index is 536. The van der Waals surface area contributed by atoms with E-state index in [0.717, 1.165) is 38.2 Å². The van der Waals surface area contributed by atoms with Crippen LogP contribution in [0.4, 0.5) is 0 Å². The van der Waals surface area contributed by atoms with Gasteiger partial charge in [-0.2, -0.15) is 5.26 Å². The standard InChI is InChI=1S/C14H16N4O/c15-8-12-7-11(3-4-16-12)9-17-5-6-18-13(10-17)1-2-14(18)19/h3-4,7,13H,1-2,5-6,9-10H2. The van der Waals surface area contributed by atoms with Gasteiger partial charge in [0.15, 0.2) is 0 Å². The number of aromatic nitrogens is 1. The number of hydrogen-bond donors (Lipinski definition) is 0. The highest BCUT2D eigenvalue weighted by molar-refractivity contribution is 5.78. The average molecular weight is 256 g/mol. The second-order valence-corrected chi connectivity index (χ2v) is 5.18. The smallest absolute Gasteiger partial charge is 0.222 e. The van der Waals surface area contributed by atoms with Crippen LogP contribution in [0.3, 0.4) is 0 Å². The summed E-state index contributed by atoms with van der Waals surface area (Å²) in [5, 5.41) is 8.85. The summed E-state index contributed by atoms with van der Waals surface area (Å²) in [4.78, 5) is 20.0. The van der Waals surface area contributed by atoms with Crippen LogP contribution >= 0.6 is 0 Å². The maximum atomic E-state index is 11.6. The molecule has 2 fully saturated rings. The number of pyridine rings is 1. The van der Waals surface area contributed by atoms with E-state index >= 15 is 0 Å². The average Bonchev–Trinajstić information content (AvgIpc) is 2.80. The molecule has 5 nitrogen and oxygen atoms in total. The van der Waals surface area contributed by atoms with Crippen LogP contribution in [0.2, 0.25) is 0 Å². The molecule has 5 heteroatoms. The van der Waals surface area contributed by atoms with E-state index in [2.05, 4.69) is 16.0 Å². The molecule has 0 N–H and O–H groups in total. The Morgan fingerprint density at radius 1 is 1.47 bits per heavy atom. The molecule has 2 aliphatic heterocycles. The first kappa shape index (κ1) is 12.1. The van der Waals surface area contributed by atoms with Crippen LogP contribution in [0.1, 0.15) is 24.1 Å². The summed E-state index contributed by atoms with van der Waals surface area (Å²) in [6.07, 6.45) is 3.37. The fourth-order valence-corrected chi connectivity index (χ4v) is 2.96. The molecule has 1 amide bonds. The molecule has 1 atom stereocenters. The van der Waals surface area contributed by atoms with Gasteiger partial charge in [-0.1, -0.05) is 0 Å². The number of amides is 1. The molecule has 3 heterocycles. The zero-order valence-corrected chi connectivity index (χ0v) is 10.7. The second kappa shape index (κ2) is 4.98. The van der Waals surface area contributed by atoms with Crippen molar-refractivity contribution in [1.29, 1.82) is 5.26 Å². The molecule has 0 radical (unpaired) electrons. The highest BCUT2D eigenvalue weighted by Gasteiger charge is 2.35. The normalized spacial score (nSPS) is 23.2. The molecule has 0 aliphatic carbocycles. The Morgan fingerprint density at radius 2 is 2.37 bits per heavy atom. The fourth-order valence-electron chi connectivity index (χ4n) is 2.96. The van der Waals surface area contributed by atoms with Gasteiger partial charge < -0.3 is 4.90 Å². The van der Waals surface area contributed by atoms with E-state index in [9.17, 15) is 4.79 Å². The van der Waals surface area contributed by atoms with E-state index in [1.807, 2.05) is 17.0 Å². The SMILES string of the molecule is N#Cc1cc(CN2CCN3C(=O)CCC3C2)ccn1. The van der Waals surface area contributed by atoms with Gasteiger partial charge in [-0.15, -0.1) is 0 Å². The summed E-state index contributed by atoms with van der Waals surface area (Å²) in [6, 6.07) is 6.24. The van der Waals surface area contributed by atoms with Crippen molar-refractivity contribution >= 4 is 5.91 Å². The van der Waals surface area contributed by atoms with Gasteiger partial charge in [0.05, 0.1) is 0 Å². The maximum Gasteiger partial charge on any atom is 0.222 e. The molecule has 0 saturated carbocycles. The number of nitriles is 1. The highest BCUT2D eigenvalue weighted by atomic mass is 16.2. The van der Waals surface area contributed by atoms with Gasteiger partial charge in [0.2, 0.25) is 5.91 Å². The lowest BCUT2D eigenvalue weighted by Gasteiger charge is -2.37. The van der Waals surface area contributed by atoms with E-state index in [1.165, 1.54) is 0 Å². The summed E-state index contributed by atoms with van der Waals surface area (Å²) in [6.45, 7) is 3.51. The van der Waals surface area contributed by atoms with Crippen LogP contribution < -0.4 is 0 Å². The number of nitrogens with zero attached hydrogens (tertiary/aromatic N) is 4. The van der Waals surface area contributed by atoms with Gasteiger partial charge in [0, 0.05) is 44.8 Å². The van der Waals surface area contributed by atoms with Gasteiger partial charge in [-0.25, -0.2) is 4.98 Å². The number of fused-ring (bicyclic) bond motifs is 1. The topological polar surface area (TPSA) is 60.2 Å². The fraction of sp³-hybridized carbons (Fsp3) is 0.500. The molecule has 0 aromatic carbocycles. The largest absolute Gasteiger partial charge is 0.337 e. The monoisotopic (exact) mass is 256 g/mol. The van der Waals surface area contributed by atoms with E-state index in [4.69, 9.17) is 5.26 Å². The summed E-state index contributed by atoms with van der Waals surface area (Å²) in [7, 11) is 0. The first-order valence-electron chi connectivity index (χ1n) is 6.63. The number of carbonyl (C=O) groups is 1. The summed E-state index contributed by atoms with van der Waals surface area (Å²) < 4.78 is 0. The third kappa shape index (κ3) is 2.45. The number of piperazine rings is 1. The Hall–Kier alpha value is -1.93. The quantitative estimate of drug-likeness (QED) is 0.784. The van der Waals surface area contributed by atoms with Crippen LogP contribution in [-0.2, 0) is 11.3 Å². The Kier molecular flexibility index (Phi) is 3.18. The van der Waals surface area contributed by atoms with Crippen molar-refractivity contribution in [2.45, 2.75) is 25.4 Å². The molecule has 3 rings (SSSR count). The molecule has 98 valence electrons. The predicted octanol–water partition coefficient (Wildman–Crippen LogP) is 0.760. The third-order valence-corrected chi connectivity index (χ3v) is 3.92. The van der Waals surface area contributed by atoms with Gasteiger partial charge in [0.1, 0.15) is 11.8 Å². The van der Waals surface area contributed by atoms with Crippen LogP contribution in [0.15, 0.2) is 18.3 Å². The Balaban J connectivity index is 1.65. The van der Waals surface area contributed by atoms with Crippen molar-refractivity contribution in [3.05, 3.63) is 29.6 Å². The van der Waals surface area contributed by atoms with Gasteiger partial charge in [-0.3, -0.25) is 9.69 Å². The van der Waals surface area contributed by atoms with Crippen LogP contribution in [-0.4, -0.2) is 46.4 Å². The summed E-state index contributed by atoms with van der Waals surface area (Å²) in [5.41, 5.74) is 1.58. The highest BCUT2D eigenvalue weighted by Crippen LogP contribution is 2.23. The Labute approximate surface area is 112 Å². The molecule has 1 aromatic rings. The third-order valence-electron chi connectivity index (χ3n) is 3.92. The molecule has 0 spiro atoms. The number of hydrogen-bond acceptors (Lipinski definition) is 4. The van der Waals surface area contributed by atoms with Crippen LogP contribution in [0.5, 0.6) is 0 Å². The van der Waals surface area contributed by atoms with Crippen molar-refractivity contribution in [3.63, 3.8) is 0 Å². The minimum atomic E-state index is 0.306. The first-order chi connectivity index (χ1) is 9.26. The van der Waals surface area contributed by atoms with E-state index in [1.54, 1.807) is 6.20 Å². The zero-order valence-electron chi connectivity index (χ0n) is 10.7. The molecule has 19 heavy (non-hydrogen) atoms. The van der Waals surface area contributed by atoms with Crippen molar-refractivity contribution < 1.29 is 4.79 Å². The van der Waals surface area contributed by atoms with Crippen LogP contribution in [0.25, 0.3) is 0 Å². The van der Waals surface area contributed by atoms with Gasteiger partial charge >= 0.3 is 0 Å². The molecular formula is C14H16N4O. The zero-order chi connectivity index (χ0) is 13.2. The molecule has 2 aliphatic rings.